The van der Waals surface area contributed by atoms with Gasteiger partial charge in [0.25, 0.3) is 5.91 Å². The predicted octanol–water partition coefficient (Wildman–Crippen LogP) is 3.50. The number of methoxy groups -OCH3 is 2. The molecular formula is C20H23NO5. The van der Waals surface area contributed by atoms with Crippen LogP contribution in [0.5, 0.6) is 11.5 Å². The van der Waals surface area contributed by atoms with E-state index in [0.29, 0.717) is 17.2 Å². The van der Waals surface area contributed by atoms with Crippen molar-refractivity contribution in [3.05, 3.63) is 53.1 Å². The lowest BCUT2D eigenvalue weighted by Gasteiger charge is -2.16. The maximum atomic E-state index is 12.4. The van der Waals surface area contributed by atoms with Crippen LogP contribution in [0.15, 0.2) is 36.4 Å². The van der Waals surface area contributed by atoms with Crippen molar-refractivity contribution < 1.29 is 23.8 Å². The molecule has 2 aromatic carbocycles. The van der Waals surface area contributed by atoms with Crippen LogP contribution in [0.1, 0.15) is 28.4 Å². The van der Waals surface area contributed by atoms with E-state index < -0.39 is 18.0 Å². The summed E-state index contributed by atoms with van der Waals surface area (Å²) in [6.07, 6.45) is -0.959. The molecule has 26 heavy (non-hydrogen) atoms. The Morgan fingerprint density at radius 2 is 1.62 bits per heavy atom. The molecule has 6 heteroatoms. The molecular weight excluding hydrogens is 334 g/mol. The minimum Gasteiger partial charge on any atom is -0.497 e. The van der Waals surface area contributed by atoms with E-state index in [1.165, 1.54) is 33.3 Å². The van der Waals surface area contributed by atoms with Gasteiger partial charge in [-0.05, 0) is 50.1 Å². The molecule has 138 valence electrons. The Hall–Kier alpha value is -3.02. The summed E-state index contributed by atoms with van der Waals surface area (Å²) in [7, 11) is 2.98. The van der Waals surface area contributed by atoms with Crippen molar-refractivity contribution in [2.75, 3.05) is 19.5 Å². The molecule has 2 rings (SSSR count). The van der Waals surface area contributed by atoms with E-state index in [2.05, 4.69) is 5.32 Å². The van der Waals surface area contributed by atoms with Crippen LogP contribution in [-0.2, 0) is 9.53 Å². The maximum absolute atomic E-state index is 12.4. The summed E-state index contributed by atoms with van der Waals surface area (Å²) in [5.74, 6) is -0.111. The van der Waals surface area contributed by atoms with Crippen molar-refractivity contribution >= 4 is 17.6 Å². The van der Waals surface area contributed by atoms with Gasteiger partial charge in [0.1, 0.15) is 11.5 Å². The molecule has 0 heterocycles. The molecule has 0 saturated carbocycles. The summed E-state index contributed by atoms with van der Waals surface area (Å²) in [5, 5.41) is 2.79. The molecule has 0 aromatic heterocycles. The van der Waals surface area contributed by atoms with E-state index in [0.717, 1.165) is 11.1 Å². The van der Waals surface area contributed by atoms with Crippen LogP contribution in [0.4, 0.5) is 5.69 Å². The topological polar surface area (TPSA) is 73.9 Å². The Labute approximate surface area is 153 Å². The largest absolute Gasteiger partial charge is 0.497 e. The van der Waals surface area contributed by atoms with Crippen molar-refractivity contribution in [1.82, 2.24) is 0 Å². The van der Waals surface area contributed by atoms with Crippen LogP contribution in [-0.4, -0.2) is 32.2 Å². The average Bonchev–Trinajstić information content (AvgIpc) is 2.64. The lowest BCUT2D eigenvalue weighted by atomic mass is 10.1. The first-order valence-electron chi connectivity index (χ1n) is 8.16. The zero-order valence-electron chi connectivity index (χ0n) is 15.6. The summed E-state index contributed by atoms with van der Waals surface area (Å²) >= 11 is 0. The molecule has 1 amide bonds. The van der Waals surface area contributed by atoms with E-state index in [4.69, 9.17) is 14.2 Å². The third-order valence-corrected chi connectivity index (χ3v) is 4.10. The number of benzene rings is 2. The Morgan fingerprint density at radius 1 is 1.00 bits per heavy atom. The van der Waals surface area contributed by atoms with Gasteiger partial charge in [0.15, 0.2) is 6.10 Å². The Kier molecular flexibility index (Phi) is 6.22. The number of esters is 1. The highest BCUT2D eigenvalue weighted by Gasteiger charge is 2.20. The minimum absolute atomic E-state index is 0.243. The Balaban J connectivity index is 2.09. The quantitative estimate of drug-likeness (QED) is 0.801. The van der Waals surface area contributed by atoms with Gasteiger partial charge in [-0.3, -0.25) is 4.79 Å². The third-order valence-electron chi connectivity index (χ3n) is 4.10. The zero-order chi connectivity index (χ0) is 19.3. The molecule has 0 radical (unpaired) electrons. The lowest BCUT2D eigenvalue weighted by Crippen LogP contribution is -2.30. The Morgan fingerprint density at radius 3 is 2.19 bits per heavy atom. The summed E-state index contributed by atoms with van der Waals surface area (Å²) in [5.41, 5.74) is 2.97. The molecule has 0 aliphatic heterocycles. The summed E-state index contributed by atoms with van der Waals surface area (Å²) < 4.78 is 15.5. The summed E-state index contributed by atoms with van der Waals surface area (Å²) in [4.78, 5) is 24.7. The first-order valence-corrected chi connectivity index (χ1v) is 8.16. The van der Waals surface area contributed by atoms with E-state index in [1.54, 1.807) is 6.07 Å². The van der Waals surface area contributed by atoms with Gasteiger partial charge in [-0.1, -0.05) is 12.1 Å². The Bertz CT molecular complexity index is 794. The van der Waals surface area contributed by atoms with Crippen LogP contribution in [0, 0.1) is 13.8 Å². The summed E-state index contributed by atoms with van der Waals surface area (Å²) in [6, 6.07) is 10.3. The molecule has 0 saturated heterocycles. The maximum Gasteiger partial charge on any atom is 0.339 e. The first kappa shape index (κ1) is 19.3. The van der Waals surface area contributed by atoms with E-state index in [-0.39, 0.29) is 5.56 Å². The molecule has 1 unspecified atom stereocenters. The van der Waals surface area contributed by atoms with Gasteiger partial charge in [0.2, 0.25) is 0 Å². The van der Waals surface area contributed by atoms with Gasteiger partial charge in [-0.25, -0.2) is 4.79 Å². The van der Waals surface area contributed by atoms with Crippen molar-refractivity contribution in [2.45, 2.75) is 26.9 Å². The highest BCUT2D eigenvalue weighted by molar-refractivity contribution is 5.98. The fraction of sp³-hybridized carbons (Fsp3) is 0.300. The van der Waals surface area contributed by atoms with Gasteiger partial charge >= 0.3 is 5.97 Å². The van der Waals surface area contributed by atoms with Gasteiger partial charge in [-0.2, -0.15) is 0 Å². The van der Waals surface area contributed by atoms with Crippen LogP contribution >= 0.6 is 0 Å². The average molecular weight is 357 g/mol. The number of rotatable bonds is 6. The molecule has 0 aliphatic carbocycles. The number of carbonyl (C=O) groups is 2. The molecule has 0 spiro atoms. The monoisotopic (exact) mass is 357 g/mol. The van der Waals surface area contributed by atoms with Gasteiger partial charge < -0.3 is 19.5 Å². The molecule has 0 fully saturated rings. The predicted molar refractivity (Wildman–Crippen MR) is 99.0 cm³/mol. The van der Waals surface area contributed by atoms with Gasteiger partial charge in [0, 0.05) is 11.8 Å². The van der Waals surface area contributed by atoms with Crippen molar-refractivity contribution in [3.8, 4) is 11.5 Å². The highest BCUT2D eigenvalue weighted by Crippen LogP contribution is 2.23. The molecule has 6 nitrogen and oxygen atoms in total. The fourth-order valence-electron chi connectivity index (χ4n) is 2.33. The smallest absolute Gasteiger partial charge is 0.339 e. The zero-order valence-corrected chi connectivity index (χ0v) is 15.6. The number of aryl methyl sites for hydroxylation is 1. The van der Waals surface area contributed by atoms with Crippen molar-refractivity contribution in [3.63, 3.8) is 0 Å². The number of amides is 1. The van der Waals surface area contributed by atoms with Crippen LogP contribution in [0.3, 0.4) is 0 Å². The van der Waals surface area contributed by atoms with Crippen molar-refractivity contribution in [2.24, 2.45) is 0 Å². The SMILES string of the molecule is COc1cc(OC)cc(C(=O)OC(C)C(=O)Nc2cccc(C)c2C)c1. The second-order valence-electron chi connectivity index (χ2n) is 5.89. The number of hydrogen-bond acceptors (Lipinski definition) is 5. The van der Waals surface area contributed by atoms with E-state index in [9.17, 15) is 9.59 Å². The van der Waals surface area contributed by atoms with E-state index >= 15 is 0 Å². The normalized spacial score (nSPS) is 11.4. The lowest BCUT2D eigenvalue weighted by molar-refractivity contribution is -0.123. The number of nitrogens with one attached hydrogen (secondary N) is 1. The van der Waals surface area contributed by atoms with Gasteiger partial charge in [-0.15, -0.1) is 0 Å². The fourth-order valence-corrected chi connectivity index (χ4v) is 2.33. The summed E-state index contributed by atoms with van der Waals surface area (Å²) in [6.45, 7) is 5.41. The molecule has 1 atom stereocenters. The first-order chi connectivity index (χ1) is 12.3. The second-order valence-corrected chi connectivity index (χ2v) is 5.89. The van der Waals surface area contributed by atoms with Gasteiger partial charge in [0.05, 0.1) is 19.8 Å². The highest BCUT2D eigenvalue weighted by atomic mass is 16.5. The minimum atomic E-state index is -0.959. The number of hydrogen-bond donors (Lipinski definition) is 1. The third kappa shape index (κ3) is 4.53. The van der Waals surface area contributed by atoms with Crippen molar-refractivity contribution in [1.29, 1.82) is 0 Å². The standard InChI is InChI=1S/C20H23NO5/c1-12-7-6-8-18(13(12)2)21-19(22)14(3)26-20(23)15-9-16(24-4)11-17(10-15)25-5/h6-11,14H,1-5H3,(H,21,22). The molecule has 1 N–H and O–H groups in total. The van der Waals surface area contributed by atoms with Crippen LogP contribution < -0.4 is 14.8 Å². The number of anilines is 1. The number of carbonyl (C=O) groups excluding carboxylic acids is 2. The van der Waals surface area contributed by atoms with Crippen LogP contribution in [0.2, 0.25) is 0 Å². The number of ether oxygens (including phenoxy) is 3. The molecule has 2 aromatic rings. The van der Waals surface area contributed by atoms with E-state index in [1.807, 2.05) is 32.0 Å². The second kappa shape index (κ2) is 8.38. The molecule has 0 bridgehead atoms. The van der Waals surface area contributed by atoms with Crippen LogP contribution in [0.25, 0.3) is 0 Å². The molecule has 0 aliphatic rings.